The molecule has 0 saturated carbocycles. The molecule has 0 radical (unpaired) electrons. The lowest BCUT2D eigenvalue weighted by molar-refractivity contribution is 0.560. The van der Waals surface area contributed by atoms with Crippen molar-refractivity contribution in [2.45, 2.75) is 13.0 Å². The van der Waals surface area contributed by atoms with Crippen LogP contribution < -0.4 is 5.32 Å². The highest BCUT2D eigenvalue weighted by Crippen LogP contribution is 2.28. The minimum atomic E-state index is -0.153. The van der Waals surface area contributed by atoms with Crippen LogP contribution in [0.3, 0.4) is 0 Å². The average molecular weight is 361 g/mol. The number of benzene rings is 1. The first kappa shape index (κ1) is 13.0. The maximum atomic E-state index is 13.8. The van der Waals surface area contributed by atoms with Gasteiger partial charge in [0.05, 0.1) is 8.93 Å². The SMILES string of the molecule is CCNC(c1csc(I)c1)c1ccccc1F. The summed E-state index contributed by atoms with van der Waals surface area (Å²) in [5.41, 5.74) is 1.84. The van der Waals surface area contributed by atoms with Gasteiger partial charge in [0, 0.05) is 5.56 Å². The van der Waals surface area contributed by atoms with Crippen molar-refractivity contribution in [3.05, 3.63) is 55.5 Å². The Morgan fingerprint density at radius 3 is 2.76 bits per heavy atom. The highest BCUT2D eigenvalue weighted by molar-refractivity contribution is 14.1. The maximum Gasteiger partial charge on any atom is 0.128 e. The van der Waals surface area contributed by atoms with Crippen molar-refractivity contribution < 1.29 is 4.39 Å². The quantitative estimate of drug-likeness (QED) is 0.806. The van der Waals surface area contributed by atoms with Crippen LogP contribution in [0.5, 0.6) is 0 Å². The van der Waals surface area contributed by atoms with E-state index in [4.69, 9.17) is 0 Å². The highest BCUT2D eigenvalue weighted by atomic mass is 127. The molecular formula is C13H13FINS. The molecule has 2 rings (SSSR count). The third-order valence-electron chi connectivity index (χ3n) is 2.55. The third-order valence-corrected chi connectivity index (χ3v) is 4.35. The molecule has 0 aliphatic heterocycles. The van der Waals surface area contributed by atoms with E-state index in [1.165, 1.54) is 8.95 Å². The molecule has 90 valence electrons. The molecule has 1 heterocycles. The molecule has 0 fully saturated rings. The van der Waals surface area contributed by atoms with Crippen LogP contribution in [0.4, 0.5) is 4.39 Å². The van der Waals surface area contributed by atoms with Gasteiger partial charge in [-0.05, 0) is 52.2 Å². The highest BCUT2D eigenvalue weighted by Gasteiger charge is 2.17. The minimum Gasteiger partial charge on any atom is -0.306 e. The molecule has 17 heavy (non-hydrogen) atoms. The van der Waals surface area contributed by atoms with E-state index in [1.807, 2.05) is 19.1 Å². The lowest BCUT2D eigenvalue weighted by Crippen LogP contribution is -2.22. The molecule has 1 unspecified atom stereocenters. The zero-order valence-corrected chi connectivity index (χ0v) is 12.4. The molecule has 0 spiro atoms. The van der Waals surface area contributed by atoms with E-state index in [2.05, 4.69) is 39.4 Å². The number of nitrogens with one attached hydrogen (secondary N) is 1. The largest absolute Gasteiger partial charge is 0.306 e. The van der Waals surface area contributed by atoms with Crippen LogP contribution in [0.2, 0.25) is 0 Å². The third kappa shape index (κ3) is 3.05. The topological polar surface area (TPSA) is 12.0 Å². The Morgan fingerprint density at radius 2 is 2.18 bits per heavy atom. The van der Waals surface area contributed by atoms with Gasteiger partial charge in [-0.1, -0.05) is 25.1 Å². The molecule has 4 heteroatoms. The van der Waals surface area contributed by atoms with Crippen molar-refractivity contribution in [1.29, 1.82) is 0 Å². The van der Waals surface area contributed by atoms with Gasteiger partial charge in [0.15, 0.2) is 0 Å². The van der Waals surface area contributed by atoms with Crippen molar-refractivity contribution in [1.82, 2.24) is 5.32 Å². The lowest BCUT2D eigenvalue weighted by Gasteiger charge is -2.17. The fourth-order valence-corrected chi connectivity index (χ4v) is 3.19. The summed E-state index contributed by atoms with van der Waals surface area (Å²) >= 11 is 3.97. The first-order valence-electron chi connectivity index (χ1n) is 5.44. The second-order valence-electron chi connectivity index (χ2n) is 3.70. The van der Waals surface area contributed by atoms with E-state index in [0.29, 0.717) is 5.56 Å². The Labute approximate surface area is 118 Å². The summed E-state index contributed by atoms with van der Waals surface area (Å²) < 4.78 is 15.0. The summed E-state index contributed by atoms with van der Waals surface area (Å²) in [6.45, 7) is 2.84. The second kappa shape index (κ2) is 5.93. The predicted octanol–water partition coefficient (Wildman–Crippen LogP) is 4.19. The van der Waals surface area contributed by atoms with Crippen molar-refractivity contribution in [3.63, 3.8) is 0 Å². The summed E-state index contributed by atoms with van der Waals surface area (Å²) in [4.78, 5) is 0. The van der Waals surface area contributed by atoms with Crippen molar-refractivity contribution in [2.24, 2.45) is 0 Å². The van der Waals surface area contributed by atoms with Gasteiger partial charge in [-0.2, -0.15) is 0 Å². The second-order valence-corrected chi connectivity index (χ2v) is 6.50. The van der Waals surface area contributed by atoms with Crippen molar-refractivity contribution in [2.75, 3.05) is 6.54 Å². The van der Waals surface area contributed by atoms with Gasteiger partial charge < -0.3 is 5.32 Å². The maximum absolute atomic E-state index is 13.8. The molecule has 1 aromatic carbocycles. The minimum absolute atomic E-state index is 0.0547. The number of halogens is 2. The molecule has 1 N–H and O–H groups in total. The fourth-order valence-electron chi connectivity index (χ4n) is 1.80. The Hall–Kier alpha value is -0.460. The van der Waals surface area contributed by atoms with E-state index in [-0.39, 0.29) is 11.9 Å². The zero-order chi connectivity index (χ0) is 12.3. The molecule has 1 atom stereocenters. The molecule has 1 aromatic heterocycles. The van der Waals surface area contributed by atoms with Crippen molar-refractivity contribution >= 4 is 33.9 Å². The van der Waals surface area contributed by atoms with Crippen molar-refractivity contribution in [3.8, 4) is 0 Å². The van der Waals surface area contributed by atoms with Gasteiger partial charge in [0.25, 0.3) is 0 Å². The summed E-state index contributed by atoms with van der Waals surface area (Å²) in [6, 6.07) is 9.00. The summed E-state index contributed by atoms with van der Waals surface area (Å²) in [7, 11) is 0. The Bertz CT molecular complexity index is 498. The Morgan fingerprint density at radius 1 is 1.41 bits per heavy atom. The average Bonchev–Trinajstić information content (AvgIpc) is 2.74. The monoisotopic (exact) mass is 361 g/mol. The van der Waals surface area contributed by atoms with Gasteiger partial charge in [-0.25, -0.2) is 4.39 Å². The lowest BCUT2D eigenvalue weighted by atomic mass is 10.0. The van der Waals surface area contributed by atoms with Gasteiger partial charge in [-0.3, -0.25) is 0 Å². The number of hydrogen-bond acceptors (Lipinski definition) is 2. The molecule has 0 aliphatic carbocycles. The van der Waals surface area contributed by atoms with Gasteiger partial charge in [0.1, 0.15) is 5.82 Å². The van der Waals surface area contributed by atoms with E-state index >= 15 is 0 Å². The van der Waals surface area contributed by atoms with Crippen LogP contribution in [0.25, 0.3) is 0 Å². The molecule has 0 aliphatic rings. The van der Waals surface area contributed by atoms with E-state index in [1.54, 1.807) is 17.4 Å². The summed E-state index contributed by atoms with van der Waals surface area (Å²) in [5.74, 6) is -0.153. The van der Waals surface area contributed by atoms with Gasteiger partial charge >= 0.3 is 0 Å². The first-order valence-corrected chi connectivity index (χ1v) is 7.40. The van der Waals surface area contributed by atoms with E-state index in [9.17, 15) is 4.39 Å². The van der Waals surface area contributed by atoms with Crippen LogP contribution >= 0.6 is 33.9 Å². The molecule has 0 saturated heterocycles. The molecule has 0 bridgehead atoms. The van der Waals surface area contributed by atoms with Crippen LogP contribution in [0.1, 0.15) is 24.1 Å². The molecule has 2 aromatic rings. The van der Waals surface area contributed by atoms with Crippen LogP contribution in [-0.4, -0.2) is 6.54 Å². The summed E-state index contributed by atoms with van der Waals surface area (Å²) in [6.07, 6.45) is 0. The first-order chi connectivity index (χ1) is 8.22. The van der Waals surface area contributed by atoms with Crippen LogP contribution in [0, 0.1) is 8.70 Å². The van der Waals surface area contributed by atoms with Crippen LogP contribution in [0.15, 0.2) is 35.7 Å². The fraction of sp³-hybridized carbons (Fsp3) is 0.231. The zero-order valence-electron chi connectivity index (χ0n) is 9.41. The van der Waals surface area contributed by atoms with E-state index in [0.717, 1.165) is 12.1 Å². The molecular weight excluding hydrogens is 348 g/mol. The summed E-state index contributed by atoms with van der Waals surface area (Å²) in [5, 5.41) is 5.42. The standard InChI is InChI=1S/C13H13FINS/c1-2-16-13(9-7-12(15)17-8-9)10-5-3-4-6-11(10)14/h3-8,13,16H,2H2,1H3. The normalized spacial score (nSPS) is 12.6. The van der Waals surface area contributed by atoms with E-state index < -0.39 is 0 Å². The number of thiophene rings is 1. The van der Waals surface area contributed by atoms with Gasteiger partial charge in [0.2, 0.25) is 0 Å². The smallest absolute Gasteiger partial charge is 0.128 e. The Balaban J connectivity index is 2.39. The number of hydrogen-bond donors (Lipinski definition) is 1. The van der Waals surface area contributed by atoms with Gasteiger partial charge in [-0.15, -0.1) is 11.3 Å². The molecule has 1 nitrogen and oxygen atoms in total. The Kier molecular flexibility index (Phi) is 4.53. The van der Waals surface area contributed by atoms with Crippen LogP contribution in [-0.2, 0) is 0 Å². The number of rotatable bonds is 4. The predicted molar refractivity (Wildman–Crippen MR) is 79.0 cm³/mol. The molecule has 0 amide bonds.